The van der Waals surface area contributed by atoms with Gasteiger partial charge in [-0.1, -0.05) is 12.1 Å². The van der Waals surface area contributed by atoms with Gasteiger partial charge in [0.15, 0.2) is 0 Å². The molecule has 0 unspecified atom stereocenters. The third-order valence-electron chi connectivity index (χ3n) is 5.04. The van der Waals surface area contributed by atoms with Gasteiger partial charge in [0.1, 0.15) is 5.76 Å². The Bertz CT molecular complexity index is 891. The van der Waals surface area contributed by atoms with Crippen molar-refractivity contribution < 1.29 is 17.7 Å². The number of carbonyl (C=O) groups excluding carboxylic acids is 1. The van der Waals surface area contributed by atoms with Crippen molar-refractivity contribution in [3.63, 3.8) is 0 Å². The smallest absolute Gasteiger partial charge is 0.243 e. The number of sulfonamides is 1. The van der Waals surface area contributed by atoms with Gasteiger partial charge in [0.25, 0.3) is 0 Å². The molecular formula is C19H25N3O4S. The van der Waals surface area contributed by atoms with Crippen LogP contribution >= 0.6 is 0 Å². The lowest BCUT2D eigenvalue weighted by Gasteiger charge is -2.29. The number of nitrogens with one attached hydrogen (secondary N) is 1. The lowest BCUT2D eigenvalue weighted by atomic mass is 10.0. The largest absolute Gasteiger partial charge is 0.361 e. The molecule has 0 radical (unpaired) electrons. The Hall–Kier alpha value is -2.19. The van der Waals surface area contributed by atoms with Crippen LogP contribution in [0.3, 0.4) is 0 Å². The number of hydrogen-bond donors (Lipinski definition) is 1. The van der Waals surface area contributed by atoms with Gasteiger partial charge < -0.3 is 9.84 Å². The number of rotatable bonds is 5. The maximum atomic E-state index is 12.7. The fraction of sp³-hybridized carbons (Fsp3) is 0.474. The summed E-state index contributed by atoms with van der Waals surface area (Å²) in [5.74, 6) is 0.983. The van der Waals surface area contributed by atoms with Gasteiger partial charge in [-0.25, -0.2) is 8.42 Å². The summed E-state index contributed by atoms with van der Waals surface area (Å²) in [6.45, 7) is 6.81. The maximum Gasteiger partial charge on any atom is 0.243 e. The molecule has 1 aliphatic heterocycles. The van der Waals surface area contributed by atoms with Crippen molar-refractivity contribution in [1.82, 2.24) is 9.46 Å². The molecule has 1 amide bonds. The van der Waals surface area contributed by atoms with Crippen molar-refractivity contribution in [1.29, 1.82) is 0 Å². The van der Waals surface area contributed by atoms with Gasteiger partial charge in [-0.2, -0.15) is 4.31 Å². The predicted octanol–water partition coefficient (Wildman–Crippen LogP) is 2.89. The second-order valence-corrected chi connectivity index (χ2v) is 9.08. The van der Waals surface area contributed by atoms with Crippen LogP contribution in [0.25, 0.3) is 0 Å². The molecule has 0 spiro atoms. The van der Waals surface area contributed by atoms with Crippen LogP contribution in [0.15, 0.2) is 33.7 Å². The fourth-order valence-corrected chi connectivity index (χ4v) is 4.67. The topological polar surface area (TPSA) is 92.5 Å². The predicted molar refractivity (Wildman–Crippen MR) is 102 cm³/mol. The third-order valence-corrected chi connectivity index (χ3v) is 6.95. The molecule has 0 saturated carbocycles. The first-order chi connectivity index (χ1) is 12.8. The molecule has 1 saturated heterocycles. The minimum atomic E-state index is -3.48. The molecule has 0 bridgehead atoms. The summed E-state index contributed by atoms with van der Waals surface area (Å²) < 4.78 is 32.1. The highest BCUT2D eigenvalue weighted by molar-refractivity contribution is 7.89. The average molecular weight is 391 g/mol. The van der Waals surface area contributed by atoms with Crippen LogP contribution in [0.5, 0.6) is 0 Å². The molecule has 1 aliphatic rings. The number of anilines is 1. The summed E-state index contributed by atoms with van der Waals surface area (Å²) >= 11 is 0. The number of benzene rings is 1. The molecule has 3 rings (SSSR count). The van der Waals surface area contributed by atoms with E-state index in [-0.39, 0.29) is 17.2 Å². The molecule has 27 heavy (non-hydrogen) atoms. The minimum Gasteiger partial charge on any atom is -0.361 e. The number of carbonyl (C=O) groups is 1. The zero-order valence-electron chi connectivity index (χ0n) is 15.9. The number of piperidine rings is 1. The summed E-state index contributed by atoms with van der Waals surface area (Å²) in [5, 5.41) is 6.62. The van der Waals surface area contributed by atoms with Crippen LogP contribution in [-0.4, -0.2) is 36.9 Å². The molecule has 146 valence electrons. The van der Waals surface area contributed by atoms with Crippen molar-refractivity contribution >= 4 is 21.6 Å². The van der Waals surface area contributed by atoms with Crippen LogP contribution in [0, 0.1) is 19.8 Å². The Labute approximate surface area is 159 Å². The number of nitrogens with zero attached hydrogens (tertiary/aromatic N) is 2. The Morgan fingerprint density at radius 2 is 1.85 bits per heavy atom. The molecule has 1 fully saturated rings. The van der Waals surface area contributed by atoms with Crippen molar-refractivity contribution in [2.45, 2.75) is 44.9 Å². The second-order valence-electron chi connectivity index (χ2n) is 7.14. The highest BCUT2D eigenvalue weighted by Crippen LogP contribution is 2.24. The second kappa shape index (κ2) is 7.82. The molecule has 8 heteroatoms. The van der Waals surface area contributed by atoms with E-state index in [1.165, 1.54) is 4.31 Å². The van der Waals surface area contributed by atoms with Crippen molar-refractivity contribution in [2.75, 3.05) is 18.4 Å². The molecule has 0 aliphatic carbocycles. The van der Waals surface area contributed by atoms with Crippen molar-refractivity contribution in [2.24, 2.45) is 5.92 Å². The van der Waals surface area contributed by atoms with E-state index in [9.17, 15) is 13.2 Å². The molecule has 1 N–H and O–H groups in total. The summed E-state index contributed by atoms with van der Waals surface area (Å²) in [5.41, 5.74) is 2.02. The van der Waals surface area contributed by atoms with Gasteiger partial charge >= 0.3 is 0 Å². The van der Waals surface area contributed by atoms with Crippen LogP contribution < -0.4 is 5.32 Å². The third kappa shape index (κ3) is 4.39. The van der Waals surface area contributed by atoms with E-state index in [2.05, 4.69) is 17.4 Å². The van der Waals surface area contributed by atoms with E-state index in [1.807, 2.05) is 0 Å². The zero-order valence-corrected chi connectivity index (χ0v) is 16.7. The molecule has 7 nitrogen and oxygen atoms in total. The standard InChI is InChI=1S/C19H25N3O4S/c1-13-8-10-22(11-9-13)27(24,25)17-6-4-16(5-7-17)20-19(23)12-18-14(2)21-26-15(18)3/h4-7,13H,8-12H2,1-3H3,(H,20,23). The van der Waals surface area contributed by atoms with E-state index >= 15 is 0 Å². The highest BCUT2D eigenvalue weighted by Gasteiger charge is 2.27. The van der Waals surface area contributed by atoms with Gasteiger partial charge in [0, 0.05) is 24.3 Å². The van der Waals surface area contributed by atoms with Gasteiger partial charge in [0.05, 0.1) is 17.0 Å². The Morgan fingerprint density at radius 1 is 1.22 bits per heavy atom. The van der Waals surface area contributed by atoms with E-state index < -0.39 is 10.0 Å². The summed E-state index contributed by atoms with van der Waals surface area (Å²) in [6, 6.07) is 6.31. The summed E-state index contributed by atoms with van der Waals surface area (Å²) in [6.07, 6.45) is 1.93. The molecule has 2 aromatic rings. The molecular weight excluding hydrogens is 366 g/mol. The van der Waals surface area contributed by atoms with Gasteiger partial charge in [-0.05, 0) is 56.9 Å². The van der Waals surface area contributed by atoms with Crippen molar-refractivity contribution in [3.05, 3.63) is 41.3 Å². The van der Waals surface area contributed by atoms with E-state index in [1.54, 1.807) is 38.1 Å². The average Bonchev–Trinajstić information content (AvgIpc) is 2.94. The molecule has 1 aromatic carbocycles. The summed E-state index contributed by atoms with van der Waals surface area (Å²) in [7, 11) is -3.48. The quantitative estimate of drug-likeness (QED) is 0.846. The summed E-state index contributed by atoms with van der Waals surface area (Å²) in [4.78, 5) is 12.5. The Balaban J connectivity index is 1.65. The normalized spacial score (nSPS) is 16.4. The number of aromatic nitrogens is 1. The fourth-order valence-electron chi connectivity index (χ4n) is 3.20. The first kappa shape index (κ1) is 19.6. The molecule has 2 heterocycles. The lowest BCUT2D eigenvalue weighted by molar-refractivity contribution is -0.115. The SMILES string of the molecule is Cc1noc(C)c1CC(=O)Nc1ccc(S(=O)(=O)N2CCC(C)CC2)cc1. The highest BCUT2D eigenvalue weighted by atomic mass is 32.2. The molecule has 1 aromatic heterocycles. The van der Waals surface area contributed by atoms with Crippen LogP contribution in [0.4, 0.5) is 5.69 Å². The minimum absolute atomic E-state index is 0.160. The number of aryl methyl sites for hydroxylation is 2. The van der Waals surface area contributed by atoms with Crippen LogP contribution in [-0.2, 0) is 21.2 Å². The van der Waals surface area contributed by atoms with Gasteiger partial charge in [-0.3, -0.25) is 4.79 Å². The van der Waals surface area contributed by atoms with Crippen LogP contribution in [0.2, 0.25) is 0 Å². The van der Waals surface area contributed by atoms with E-state index in [0.717, 1.165) is 18.4 Å². The van der Waals surface area contributed by atoms with E-state index in [0.29, 0.717) is 36.1 Å². The van der Waals surface area contributed by atoms with Gasteiger partial charge in [0.2, 0.25) is 15.9 Å². The number of amides is 1. The van der Waals surface area contributed by atoms with Crippen LogP contribution in [0.1, 0.15) is 36.8 Å². The Morgan fingerprint density at radius 3 is 2.41 bits per heavy atom. The first-order valence-corrected chi connectivity index (χ1v) is 10.5. The zero-order chi connectivity index (χ0) is 19.6. The monoisotopic (exact) mass is 391 g/mol. The van der Waals surface area contributed by atoms with Gasteiger partial charge in [-0.15, -0.1) is 0 Å². The molecule has 0 atom stereocenters. The lowest BCUT2D eigenvalue weighted by Crippen LogP contribution is -2.37. The Kier molecular flexibility index (Phi) is 5.67. The van der Waals surface area contributed by atoms with Crippen molar-refractivity contribution in [3.8, 4) is 0 Å². The van der Waals surface area contributed by atoms with E-state index in [4.69, 9.17) is 4.52 Å². The number of hydrogen-bond acceptors (Lipinski definition) is 5. The first-order valence-electron chi connectivity index (χ1n) is 9.09. The maximum absolute atomic E-state index is 12.7.